The number of carbonyl (C=O) groups is 1. The summed E-state index contributed by atoms with van der Waals surface area (Å²) in [4.78, 5) is 14.3. The number of hydrogen-bond donors (Lipinski definition) is 1. The summed E-state index contributed by atoms with van der Waals surface area (Å²) < 4.78 is 7.11. The molecule has 0 radical (unpaired) electrons. The molecule has 3 rings (SSSR count). The van der Waals surface area contributed by atoms with Gasteiger partial charge >= 0.3 is 0 Å². The van der Waals surface area contributed by atoms with E-state index in [1.807, 2.05) is 25.4 Å². The highest BCUT2D eigenvalue weighted by molar-refractivity contribution is 5.91. The summed E-state index contributed by atoms with van der Waals surface area (Å²) in [5, 5.41) is 7.01. The molecule has 1 aliphatic rings. The first-order chi connectivity index (χ1) is 11.7. The van der Waals surface area contributed by atoms with E-state index < -0.39 is 0 Å². The van der Waals surface area contributed by atoms with Crippen molar-refractivity contribution < 1.29 is 9.53 Å². The summed E-state index contributed by atoms with van der Waals surface area (Å²) in [5.74, 6) is -0.115. The van der Waals surface area contributed by atoms with Crippen LogP contribution in [0.4, 0.5) is 5.69 Å². The lowest BCUT2D eigenvalue weighted by atomic mass is 10.1. The number of hydrogen-bond acceptors (Lipinski definition) is 4. The van der Waals surface area contributed by atoms with Crippen LogP contribution in [-0.4, -0.2) is 42.0 Å². The van der Waals surface area contributed by atoms with Gasteiger partial charge in [-0.25, -0.2) is 0 Å². The molecular formula is C18H22N4O2. The number of amides is 1. The van der Waals surface area contributed by atoms with Crippen molar-refractivity contribution in [3.8, 4) is 0 Å². The van der Waals surface area contributed by atoms with Crippen molar-refractivity contribution >= 4 is 17.7 Å². The molecule has 126 valence electrons. The Morgan fingerprint density at radius 2 is 2.12 bits per heavy atom. The van der Waals surface area contributed by atoms with Crippen LogP contribution in [0.25, 0.3) is 6.08 Å². The van der Waals surface area contributed by atoms with Crippen molar-refractivity contribution in [2.45, 2.75) is 6.54 Å². The Labute approximate surface area is 141 Å². The zero-order chi connectivity index (χ0) is 16.8. The molecule has 0 unspecified atom stereocenters. The van der Waals surface area contributed by atoms with E-state index in [1.165, 1.54) is 6.08 Å². The van der Waals surface area contributed by atoms with Crippen LogP contribution < -0.4 is 10.2 Å². The number of nitrogens with one attached hydrogen (secondary N) is 1. The van der Waals surface area contributed by atoms with Crippen LogP contribution in [0, 0.1) is 0 Å². The van der Waals surface area contributed by atoms with Gasteiger partial charge in [0.25, 0.3) is 0 Å². The third kappa shape index (κ3) is 4.23. The number of nitrogens with zero attached hydrogens (tertiary/aromatic N) is 3. The zero-order valence-electron chi connectivity index (χ0n) is 13.8. The van der Waals surface area contributed by atoms with E-state index >= 15 is 0 Å². The number of anilines is 1. The van der Waals surface area contributed by atoms with Crippen LogP contribution in [0.5, 0.6) is 0 Å². The van der Waals surface area contributed by atoms with Crippen LogP contribution in [0.1, 0.15) is 11.1 Å². The number of benzene rings is 1. The van der Waals surface area contributed by atoms with Crippen molar-refractivity contribution in [1.29, 1.82) is 0 Å². The first kappa shape index (κ1) is 16.3. The molecule has 1 fully saturated rings. The van der Waals surface area contributed by atoms with E-state index in [4.69, 9.17) is 4.74 Å². The highest BCUT2D eigenvalue weighted by Gasteiger charge is 2.14. The van der Waals surface area contributed by atoms with Crippen molar-refractivity contribution in [2.75, 3.05) is 31.2 Å². The Bertz CT molecular complexity index is 717. The lowest BCUT2D eigenvalue weighted by Crippen LogP contribution is -2.37. The molecule has 0 bridgehead atoms. The topological polar surface area (TPSA) is 59.4 Å². The third-order valence-electron chi connectivity index (χ3n) is 3.95. The molecule has 24 heavy (non-hydrogen) atoms. The Morgan fingerprint density at radius 3 is 2.88 bits per heavy atom. The average Bonchev–Trinajstić information content (AvgIpc) is 3.04. The first-order valence-electron chi connectivity index (χ1n) is 8.07. The number of aryl methyl sites for hydroxylation is 1. The van der Waals surface area contributed by atoms with Gasteiger partial charge in [-0.15, -0.1) is 0 Å². The summed E-state index contributed by atoms with van der Waals surface area (Å²) >= 11 is 0. The second-order valence-electron chi connectivity index (χ2n) is 5.73. The van der Waals surface area contributed by atoms with E-state index in [1.54, 1.807) is 17.0 Å². The van der Waals surface area contributed by atoms with Gasteiger partial charge in [-0.05, 0) is 17.7 Å². The quantitative estimate of drug-likeness (QED) is 0.848. The monoisotopic (exact) mass is 326 g/mol. The average molecular weight is 326 g/mol. The predicted molar refractivity (Wildman–Crippen MR) is 93.6 cm³/mol. The predicted octanol–water partition coefficient (Wildman–Crippen LogP) is 1.59. The molecule has 1 aliphatic heterocycles. The van der Waals surface area contributed by atoms with Crippen molar-refractivity contribution in [2.24, 2.45) is 7.05 Å². The van der Waals surface area contributed by atoms with Crippen molar-refractivity contribution in [3.63, 3.8) is 0 Å². The summed E-state index contributed by atoms with van der Waals surface area (Å²) in [7, 11) is 1.85. The Morgan fingerprint density at radius 1 is 1.33 bits per heavy atom. The fourth-order valence-corrected chi connectivity index (χ4v) is 2.71. The molecular weight excluding hydrogens is 304 g/mol. The molecule has 0 saturated carbocycles. The van der Waals surface area contributed by atoms with Gasteiger partial charge in [0, 0.05) is 50.2 Å². The van der Waals surface area contributed by atoms with Crippen LogP contribution in [0.2, 0.25) is 0 Å². The third-order valence-corrected chi connectivity index (χ3v) is 3.95. The molecule has 1 saturated heterocycles. The SMILES string of the molecule is Cn1cc(C=CC(=O)NCc2ccccc2N2CCOCC2)cn1. The summed E-state index contributed by atoms with van der Waals surface area (Å²) in [6, 6.07) is 8.17. The maximum absolute atomic E-state index is 12.0. The van der Waals surface area contributed by atoms with Crippen molar-refractivity contribution in [3.05, 3.63) is 53.9 Å². The Hall–Kier alpha value is -2.60. The van der Waals surface area contributed by atoms with Gasteiger partial charge < -0.3 is 15.0 Å². The smallest absolute Gasteiger partial charge is 0.244 e. The number of rotatable bonds is 5. The Kier molecular flexibility index (Phi) is 5.28. The largest absolute Gasteiger partial charge is 0.378 e. The van der Waals surface area contributed by atoms with Crippen LogP contribution in [0.15, 0.2) is 42.7 Å². The number of aromatic nitrogens is 2. The van der Waals surface area contributed by atoms with E-state index in [-0.39, 0.29) is 5.91 Å². The minimum Gasteiger partial charge on any atom is -0.378 e. The van der Waals surface area contributed by atoms with Gasteiger partial charge in [-0.2, -0.15) is 5.10 Å². The van der Waals surface area contributed by atoms with E-state index in [9.17, 15) is 4.79 Å². The molecule has 1 N–H and O–H groups in total. The summed E-state index contributed by atoms with van der Waals surface area (Å²) in [6.45, 7) is 3.75. The van der Waals surface area contributed by atoms with Gasteiger partial charge in [0.1, 0.15) is 0 Å². The van der Waals surface area contributed by atoms with Gasteiger partial charge in [-0.3, -0.25) is 9.48 Å². The number of morpholine rings is 1. The lowest BCUT2D eigenvalue weighted by molar-refractivity contribution is -0.116. The Balaban J connectivity index is 1.60. The summed E-state index contributed by atoms with van der Waals surface area (Å²) in [6.07, 6.45) is 6.87. The molecule has 2 heterocycles. The van der Waals surface area contributed by atoms with Gasteiger partial charge in [-0.1, -0.05) is 18.2 Å². The molecule has 0 atom stereocenters. The maximum Gasteiger partial charge on any atom is 0.244 e. The molecule has 2 aromatic rings. The van der Waals surface area contributed by atoms with E-state index in [0.29, 0.717) is 6.54 Å². The highest BCUT2D eigenvalue weighted by atomic mass is 16.5. The van der Waals surface area contributed by atoms with E-state index in [0.717, 1.165) is 43.1 Å². The zero-order valence-corrected chi connectivity index (χ0v) is 13.8. The van der Waals surface area contributed by atoms with Gasteiger partial charge in [0.15, 0.2) is 0 Å². The molecule has 0 spiro atoms. The molecule has 6 nitrogen and oxygen atoms in total. The van der Waals surface area contributed by atoms with Gasteiger partial charge in [0.2, 0.25) is 5.91 Å². The number of ether oxygens (including phenoxy) is 1. The van der Waals surface area contributed by atoms with Crippen LogP contribution >= 0.6 is 0 Å². The van der Waals surface area contributed by atoms with Crippen LogP contribution in [0.3, 0.4) is 0 Å². The van der Waals surface area contributed by atoms with Crippen LogP contribution in [-0.2, 0) is 23.1 Å². The molecule has 1 amide bonds. The normalized spacial score (nSPS) is 15.0. The molecule has 1 aromatic carbocycles. The summed E-state index contributed by atoms with van der Waals surface area (Å²) in [5.41, 5.74) is 3.18. The molecule has 6 heteroatoms. The fraction of sp³-hybridized carbons (Fsp3) is 0.333. The lowest BCUT2D eigenvalue weighted by Gasteiger charge is -2.30. The molecule has 0 aliphatic carbocycles. The number of para-hydroxylation sites is 1. The fourth-order valence-electron chi connectivity index (χ4n) is 2.71. The second-order valence-corrected chi connectivity index (χ2v) is 5.73. The maximum atomic E-state index is 12.0. The van der Waals surface area contributed by atoms with Gasteiger partial charge in [0.05, 0.1) is 19.4 Å². The van der Waals surface area contributed by atoms with Crippen molar-refractivity contribution in [1.82, 2.24) is 15.1 Å². The minimum atomic E-state index is -0.115. The first-order valence-corrected chi connectivity index (χ1v) is 8.07. The number of carbonyl (C=O) groups excluding carboxylic acids is 1. The van der Waals surface area contributed by atoms with E-state index in [2.05, 4.69) is 27.4 Å². The highest BCUT2D eigenvalue weighted by Crippen LogP contribution is 2.21. The standard InChI is InChI=1S/C18H22N4O2/c1-21-14-15(12-20-21)6-7-18(23)19-13-16-4-2-3-5-17(16)22-8-10-24-11-9-22/h2-7,12,14H,8-11,13H2,1H3,(H,19,23). The minimum absolute atomic E-state index is 0.115. The second kappa shape index (κ2) is 7.79. The molecule has 1 aromatic heterocycles.